The monoisotopic (exact) mass is 398 g/mol. The molecule has 1 N–H and O–H groups in total. The first-order valence-corrected chi connectivity index (χ1v) is 9.71. The van der Waals surface area contributed by atoms with Crippen molar-refractivity contribution in [2.24, 2.45) is 17.8 Å². The minimum absolute atomic E-state index is 0.211. The third-order valence-corrected chi connectivity index (χ3v) is 6.98. The molecule has 0 spiro atoms. The average molecular weight is 399 g/mol. The Balaban J connectivity index is 1.64. The molecule has 0 aromatic heterocycles. The molecule has 2 bridgehead atoms. The van der Waals surface area contributed by atoms with Crippen LogP contribution in [0.25, 0.3) is 0 Å². The van der Waals surface area contributed by atoms with Crippen molar-refractivity contribution in [2.45, 2.75) is 31.2 Å². The van der Waals surface area contributed by atoms with E-state index in [1.165, 1.54) is 24.8 Å². The van der Waals surface area contributed by atoms with Crippen molar-refractivity contribution in [3.63, 3.8) is 0 Å². The number of non-ortho nitro benzene ring substituents is 1. The zero-order valence-corrected chi connectivity index (χ0v) is 15.3. The van der Waals surface area contributed by atoms with E-state index in [-0.39, 0.29) is 16.7 Å². The third kappa shape index (κ3) is 2.32. The lowest BCUT2D eigenvalue weighted by atomic mass is 9.68. The summed E-state index contributed by atoms with van der Waals surface area (Å²) in [5.74, 6) is 2.37. The lowest BCUT2D eigenvalue weighted by molar-refractivity contribution is -0.384. The van der Waals surface area contributed by atoms with Crippen molar-refractivity contribution in [3.05, 3.63) is 68.2 Å². The highest BCUT2D eigenvalue weighted by Gasteiger charge is 2.54. The van der Waals surface area contributed by atoms with Gasteiger partial charge in [0.05, 0.1) is 11.0 Å². The van der Waals surface area contributed by atoms with Gasteiger partial charge in [-0.05, 0) is 72.3 Å². The molecular weight excluding hydrogens is 380 g/mol. The van der Waals surface area contributed by atoms with Gasteiger partial charge in [-0.1, -0.05) is 28.1 Å². The van der Waals surface area contributed by atoms with E-state index in [2.05, 4.69) is 45.5 Å². The standard InChI is InChI=1S/C20H19BrN2O2/c21-14-3-1-2-13(9-14)20-19-12-5-4-11(8-12)18(19)16-10-15(23(24)25)6-7-17(16)22-20/h1-3,6-7,9-12,18-20,22H,4-5,8H2/t11-,12-,18-,19-,20-/m0/s1. The summed E-state index contributed by atoms with van der Waals surface area (Å²) in [7, 11) is 0. The fourth-order valence-electron chi connectivity index (χ4n) is 5.62. The smallest absolute Gasteiger partial charge is 0.269 e. The molecule has 2 aromatic carbocycles. The number of nitrogens with one attached hydrogen (secondary N) is 1. The highest BCUT2D eigenvalue weighted by molar-refractivity contribution is 9.10. The molecule has 5 atom stereocenters. The first-order valence-electron chi connectivity index (χ1n) is 8.92. The number of hydrogen-bond acceptors (Lipinski definition) is 3. The van der Waals surface area contributed by atoms with Crippen LogP contribution in [0.3, 0.4) is 0 Å². The molecule has 25 heavy (non-hydrogen) atoms. The van der Waals surface area contributed by atoms with E-state index < -0.39 is 0 Å². The van der Waals surface area contributed by atoms with Crippen LogP contribution >= 0.6 is 15.9 Å². The molecule has 2 saturated carbocycles. The first-order chi connectivity index (χ1) is 12.1. The van der Waals surface area contributed by atoms with Crippen molar-refractivity contribution in [3.8, 4) is 0 Å². The maximum absolute atomic E-state index is 11.2. The molecule has 0 amide bonds. The van der Waals surface area contributed by atoms with Crippen LogP contribution < -0.4 is 5.32 Å². The number of halogens is 1. The highest BCUT2D eigenvalue weighted by Crippen LogP contribution is 2.63. The summed E-state index contributed by atoms with van der Waals surface area (Å²) < 4.78 is 1.10. The summed E-state index contributed by atoms with van der Waals surface area (Å²) in [5.41, 5.74) is 3.76. The van der Waals surface area contributed by atoms with Crippen LogP contribution in [0.5, 0.6) is 0 Å². The second-order valence-corrected chi connectivity index (χ2v) is 8.56. The van der Waals surface area contributed by atoms with Gasteiger partial charge in [0.2, 0.25) is 0 Å². The number of hydrogen-bond donors (Lipinski definition) is 1. The van der Waals surface area contributed by atoms with Crippen LogP contribution in [0.1, 0.15) is 42.3 Å². The Hall–Kier alpha value is -1.88. The number of nitro groups is 1. The normalized spacial score (nSPS) is 32.0. The largest absolute Gasteiger partial charge is 0.378 e. The fourth-order valence-corrected chi connectivity index (χ4v) is 6.03. The molecule has 0 unspecified atom stereocenters. The van der Waals surface area contributed by atoms with Gasteiger partial charge >= 0.3 is 0 Å². The molecule has 1 aliphatic heterocycles. The third-order valence-electron chi connectivity index (χ3n) is 6.49. The molecule has 2 fully saturated rings. The van der Waals surface area contributed by atoms with E-state index in [4.69, 9.17) is 0 Å². The first kappa shape index (κ1) is 15.4. The van der Waals surface area contributed by atoms with Crippen LogP contribution in [0, 0.1) is 27.9 Å². The lowest BCUT2D eigenvalue weighted by Crippen LogP contribution is -2.35. The van der Waals surface area contributed by atoms with Crippen LogP contribution in [0.4, 0.5) is 11.4 Å². The number of nitrogens with zero attached hydrogens (tertiary/aromatic N) is 1. The van der Waals surface area contributed by atoms with Crippen molar-refractivity contribution < 1.29 is 4.92 Å². The van der Waals surface area contributed by atoms with Crippen molar-refractivity contribution in [1.82, 2.24) is 0 Å². The molecule has 4 nitrogen and oxygen atoms in total. The molecule has 1 heterocycles. The van der Waals surface area contributed by atoms with Gasteiger partial charge in [-0.25, -0.2) is 0 Å². The van der Waals surface area contributed by atoms with Gasteiger partial charge in [0.15, 0.2) is 0 Å². The summed E-state index contributed by atoms with van der Waals surface area (Å²) in [4.78, 5) is 11.0. The predicted octanol–water partition coefficient (Wildman–Crippen LogP) is 5.65. The van der Waals surface area contributed by atoms with Crippen LogP contribution in [-0.4, -0.2) is 4.92 Å². The molecule has 2 aliphatic carbocycles. The van der Waals surface area contributed by atoms with E-state index in [9.17, 15) is 10.1 Å². The number of nitro benzene ring substituents is 1. The van der Waals surface area contributed by atoms with Crippen LogP contribution in [0.15, 0.2) is 46.9 Å². The molecule has 5 rings (SSSR count). The number of benzene rings is 2. The zero-order chi connectivity index (χ0) is 17.1. The summed E-state index contributed by atoms with van der Waals surface area (Å²) in [5, 5.41) is 15.0. The number of anilines is 1. The Morgan fingerprint density at radius 3 is 2.76 bits per heavy atom. The molecule has 5 heteroatoms. The SMILES string of the molecule is O=[N+]([O-])c1ccc2c(c1)[C@@H]1[C@H]3CC[C@@H](C3)[C@@H]1[C@H](c1cccc(Br)c1)N2. The van der Waals surface area contributed by atoms with Crippen LogP contribution in [0.2, 0.25) is 0 Å². The maximum Gasteiger partial charge on any atom is 0.269 e. The Bertz CT molecular complexity index is 869. The molecule has 3 aliphatic rings. The van der Waals surface area contributed by atoms with Gasteiger partial charge in [0, 0.05) is 22.3 Å². The van der Waals surface area contributed by atoms with E-state index >= 15 is 0 Å². The molecule has 0 saturated heterocycles. The van der Waals surface area contributed by atoms with E-state index in [1.807, 2.05) is 12.1 Å². The average Bonchev–Trinajstić information content (AvgIpc) is 3.22. The molecule has 2 aromatic rings. The highest BCUT2D eigenvalue weighted by atomic mass is 79.9. The van der Waals surface area contributed by atoms with Gasteiger partial charge in [-0.3, -0.25) is 10.1 Å². The second kappa shape index (κ2) is 5.56. The van der Waals surface area contributed by atoms with Gasteiger partial charge in [-0.15, -0.1) is 0 Å². The zero-order valence-electron chi connectivity index (χ0n) is 13.7. The van der Waals surface area contributed by atoms with Crippen molar-refractivity contribution >= 4 is 27.3 Å². The Morgan fingerprint density at radius 2 is 1.96 bits per heavy atom. The van der Waals surface area contributed by atoms with Gasteiger partial charge in [0.25, 0.3) is 5.69 Å². The Labute approximate surface area is 154 Å². The number of rotatable bonds is 2. The topological polar surface area (TPSA) is 55.2 Å². The summed E-state index contributed by atoms with van der Waals surface area (Å²) in [6.45, 7) is 0. The summed E-state index contributed by atoms with van der Waals surface area (Å²) >= 11 is 3.60. The van der Waals surface area contributed by atoms with E-state index in [0.717, 1.165) is 21.6 Å². The predicted molar refractivity (Wildman–Crippen MR) is 101 cm³/mol. The molecular formula is C20H19BrN2O2. The van der Waals surface area contributed by atoms with Crippen molar-refractivity contribution in [1.29, 1.82) is 0 Å². The van der Waals surface area contributed by atoms with E-state index in [0.29, 0.717) is 17.8 Å². The van der Waals surface area contributed by atoms with Crippen molar-refractivity contribution in [2.75, 3.05) is 5.32 Å². The Morgan fingerprint density at radius 1 is 1.12 bits per heavy atom. The summed E-state index contributed by atoms with van der Waals surface area (Å²) in [6.07, 6.45) is 3.82. The molecule has 0 radical (unpaired) electrons. The molecule has 128 valence electrons. The second-order valence-electron chi connectivity index (χ2n) is 7.64. The summed E-state index contributed by atoms with van der Waals surface area (Å²) in [6, 6.07) is 14.2. The lowest BCUT2D eigenvalue weighted by Gasteiger charge is -2.43. The van der Waals surface area contributed by atoms with Gasteiger partial charge in [-0.2, -0.15) is 0 Å². The van der Waals surface area contributed by atoms with Crippen LogP contribution in [-0.2, 0) is 0 Å². The quantitative estimate of drug-likeness (QED) is 0.524. The van der Waals surface area contributed by atoms with Gasteiger partial charge in [0.1, 0.15) is 0 Å². The minimum atomic E-state index is -0.275. The van der Waals surface area contributed by atoms with Gasteiger partial charge < -0.3 is 5.32 Å². The fraction of sp³-hybridized carbons (Fsp3) is 0.400. The maximum atomic E-state index is 11.2. The minimum Gasteiger partial charge on any atom is -0.378 e. The number of fused-ring (bicyclic) bond motifs is 7. The van der Waals surface area contributed by atoms with E-state index in [1.54, 1.807) is 6.07 Å². The Kier molecular flexibility index (Phi) is 3.42.